The molecule has 0 bridgehead atoms. The van der Waals surface area contributed by atoms with E-state index in [1.807, 2.05) is 39.0 Å². The number of benzene rings is 2. The second kappa shape index (κ2) is 9.90. The topological polar surface area (TPSA) is 74.8 Å². The van der Waals surface area contributed by atoms with Crippen LogP contribution < -0.4 is 16.0 Å². The molecule has 4 N–H and O–H groups in total. The van der Waals surface area contributed by atoms with E-state index in [1.54, 1.807) is 0 Å². The molecule has 5 heteroatoms. The van der Waals surface area contributed by atoms with Gasteiger partial charge in [0.15, 0.2) is 6.04 Å². The van der Waals surface area contributed by atoms with Crippen LogP contribution in [0, 0.1) is 13.8 Å². The van der Waals surface area contributed by atoms with Crippen LogP contribution in [0.4, 0.5) is 5.69 Å². The third-order valence-corrected chi connectivity index (χ3v) is 6.06. The highest BCUT2D eigenvalue weighted by Crippen LogP contribution is 2.24. The van der Waals surface area contributed by atoms with Crippen molar-refractivity contribution in [3.8, 4) is 0 Å². The van der Waals surface area contributed by atoms with Gasteiger partial charge >= 0.3 is 0 Å². The van der Waals surface area contributed by atoms with Crippen LogP contribution in [0.3, 0.4) is 0 Å². The number of hydrogen-bond acceptors (Lipinski definition) is 2. The molecular formula is C25H34N3O2+. The molecule has 0 radical (unpaired) electrons. The molecule has 1 aliphatic carbocycles. The Labute approximate surface area is 179 Å². The number of hydrogen-bond donors (Lipinski definition) is 3. The first-order chi connectivity index (χ1) is 14.3. The Morgan fingerprint density at radius 2 is 1.67 bits per heavy atom. The second-order valence-electron chi connectivity index (χ2n) is 8.54. The minimum Gasteiger partial charge on any atom is -0.342 e. The fraction of sp³-hybridized carbons (Fsp3) is 0.440. The molecule has 160 valence electrons. The van der Waals surface area contributed by atoms with Crippen molar-refractivity contribution in [2.45, 2.75) is 65.5 Å². The Bertz CT molecular complexity index is 902. The lowest BCUT2D eigenvalue weighted by molar-refractivity contribution is -0.710. The van der Waals surface area contributed by atoms with Gasteiger partial charge in [0.1, 0.15) is 6.04 Å². The normalized spacial score (nSPS) is 15.1. The van der Waals surface area contributed by atoms with E-state index in [9.17, 15) is 9.59 Å². The van der Waals surface area contributed by atoms with Gasteiger partial charge in [-0.3, -0.25) is 9.59 Å². The van der Waals surface area contributed by atoms with Crippen molar-refractivity contribution in [1.82, 2.24) is 5.32 Å². The zero-order valence-corrected chi connectivity index (χ0v) is 18.5. The third kappa shape index (κ3) is 5.48. The molecule has 0 saturated carbocycles. The number of aryl methyl sites for hydroxylation is 4. The van der Waals surface area contributed by atoms with E-state index in [0.717, 1.165) is 23.2 Å². The van der Waals surface area contributed by atoms with Crippen LogP contribution in [0.25, 0.3) is 0 Å². The van der Waals surface area contributed by atoms with Crippen molar-refractivity contribution in [1.29, 1.82) is 0 Å². The molecule has 0 aliphatic heterocycles. The van der Waals surface area contributed by atoms with Crippen molar-refractivity contribution < 1.29 is 14.9 Å². The predicted molar refractivity (Wildman–Crippen MR) is 120 cm³/mol. The number of rotatable bonds is 7. The Balaban J connectivity index is 1.50. The van der Waals surface area contributed by atoms with E-state index >= 15 is 0 Å². The quantitative estimate of drug-likeness (QED) is 0.659. The van der Waals surface area contributed by atoms with Gasteiger partial charge in [0.2, 0.25) is 5.91 Å². The van der Waals surface area contributed by atoms with Gasteiger partial charge in [0, 0.05) is 11.3 Å². The fourth-order valence-electron chi connectivity index (χ4n) is 4.19. The minimum absolute atomic E-state index is 0.0297. The molecule has 2 atom stereocenters. The van der Waals surface area contributed by atoms with Crippen LogP contribution in [-0.2, 0) is 22.4 Å². The molecular weight excluding hydrogens is 374 g/mol. The SMILES string of the molecule is Cc1cccc(C)c1NC(=O)CNC(=O)[C@@H](C)[NH2+][C@@H](C)c1ccc2c(c1)CCCC2. The molecule has 0 heterocycles. The van der Waals surface area contributed by atoms with E-state index in [0.29, 0.717) is 0 Å². The number of quaternary nitrogens is 1. The van der Waals surface area contributed by atoms with Crippen LogP contribution in [0.2, 0.25) is 0 Å². The van der Waals surface area contributed by atoms with Gasteiger partial charge in [-0.1, -0.05) is 30.3 Å². The summed E-state index contributed by atoms with van der Waals surface area (Å²) in [6.07, 6.45) is 4.87. The molecule has 2 aromatic carbocycles. The molecule has 0 spiro atoms. The summed E-state index contributed by atoms with van der Waals surface area (Å²) in [4.78, 5) is 24.8. The summed E-state index contributed by atoms with van der Waals surface area (Å²) < 4.78 is 0. The standard InChI is InChI=1S/C25H33N3O2/c1-16-8-7-9-17(2)24(16)28-23(29)15-26-25(30)19(4)27-18(3)21-13-12-20-10-5-6-11-22(20)14-21/h7-9,12-14,18-19,27H,5-6,10-11,15H2,1-4H3,(H,26,30)(H,28,29)/p+1/t18-,19+/m0/s1. The van der Waals surface area contributed by atoms with Crippen LogP contribution in [0.5, 0.6) is 0 Å². The Hall–Kier alpha value is -2.66. The summed E-state index contributed by atoms with van der Waals surface area (Å²) in [5.41, 5.74) is 7.02. The molecule has 0 fully saturated rings. The summed E-state index contributed by atoms with van der Waals surface area (Å²) in [5, 5.41) is 7.73. The van der Waals surface area contributed by atoms with E-state index in [4.69, 9.17) is 0 Å². The first-order valence-corrected chi connectivity index (χ1v) is 11.0. The Kier molecular flexibility index (Phi) is 7.27. The highest BCUT2D eigenvalue weighted by atomic mass is 16.2. The average Bonchev–Trinajstić information content (AvgIpc) is 2.74. The summed E-state index contributed by atoms with van der Waals surface area (Å²) in [7, 11) is 0. The maximum Gasteiger partial charge on any atom is 0.278 e. The molecule has 5 nitrogen and oxygen atoms in total. The second-order valence-corrected chi connectivity index (χ2v) is 8.54. The number of carbonyl (C=O) groups is 2. The van der Waals surface area contributed by atoms with Gasteiger partial charge in [0.25, 0.3) is 5.91 Å². The van der Waals surface area contributed by atoms with E-state index in [-0.39, 0.29) is 30.4 Å². The lowest BCUT2D eigenvalue weighted by Crippen LogP contribution is -2.92. The van der Waals surface area contributed by atoms with Crippen LogP contribution >= 0.6 is 0 Å². The third-order valence-electron chi connectivity index (χ3n) is 6.06. The lowest BCUT2D eigenvalue weighted by Gasteiger charge is -2.20. The number of para-hydroxylation sites is 1. The van der Waals surface area contributed by atoms with Crippen LogP contribution in [0.15, 0.2) is 36.4 Å². The summed E-state index contributed by atoms with van der Waals surface area (Å²) in [6.45, 7) is 7.90. The van der Waals surface area contributed by atoms with E-state index in [2.05, 4.69) is 41.1 Å². The van der Waals surface area contributed by atoms with Crippen LogP contribution in [0.1, 0.15) is 60.5 Å². The number of nitrogens with one attached hydrogen (secondary N) is 2. The molecule has 3 rings (SSSR count). The Morgan fingerprint density at radius 1 is 1.00 bits per heavy atom. The maximum absolute atomic E-state index is 12.5. The van der Waals surface area contributed by atoms with Crippen molar-refractivity contribution in [3.63, 3.8) is 0 Å². The molecule has 2 aromatic rings. The van der Waals surface area contributed by atoms with Crippen LogP contribution in [-0.4, -0.2) is 24.4 Å². The number of nitrogens with two attached hydrogens (primary N) is 1. The summed E-state index contributed by atoms with van der Waals surface area (Å²) >= 11 is 0. The smallest absolute Gasteiger partial charge is 0.278 e. The van der Waals surface area contributed by atoms with Gasteiger partial charge in [0.05, 0.1) is 6.54 Å². The van der Waals surface area contributed by atoms with Crippen molar-refractivity contribution in [2.24, 2.45) is 0 Å². The monoisotopic (exact) mass is 408 g/mol. The molecule has 1 aliphatic rings. The zero-order chi connectivity index (χ0) is 21.7. The fourth-order valence-corrected chi connectivity index (χ4v) is 4.19. The molecule has 30 heavy (non-hydrogen) atoms. The van der Waals surface area contributed by atoms with Gasteiger partial charge in [-0.05, 0) is 81.7 Å². The van der Waals surface area contributed by atoms with Crippen molar-refractivity contribution in [2.75, 3.05) is 11.9 Å². The van der Waals surface area contributed by atoms with Gasteiger partial charge in [-0.15, -0.1) is 0 Å². The molecule has 2 amide bonds. The number of fused-ring (bicyclic) bond motifs is 1. The molecule has 0 aromatic heterocycles. The summed E-state index contributed by atoms with van der Waals surface area (Å²) in [6, 6.07) is 12.5. The first kappa shape index (κ1) is 22.0. The largest absolute Gasteiger partial charge is 0.342 e. The van der Waals surface area contributed by atoms with Gasteiger partial charge in [-0.2, -0.15) is 0 Å². The Morgan fingerprint density at radius 3 is 2.37 bits per heavy atom. The average molecular weight is 409 g/mol. The minimum atomic E-state index is -0.274. The molecule has 0 saturated heterocycles. The van der Waals surface area contributed by atoms with E-state index < -0.39 is 0 Å². The highest BCUT2D eigenvalue weighted by molar-refractivity contribution is 5.96. The van der Waals surface area contributed by atoms with E-state index in [1.165, 1.54) is 36.0 Å². The summed E-state index contributed by atoms with van der Waals surface area (Å²) in [5.74, 6) is -0.341. The number of anilines is 1. The predicted octanol–water partition coefficient (Wildman–Crippen LogP) is 2.95. The lowest BCUT2D eigenvalue weighted by atomic mass is 9.89. The van der Waals surface area contributed by atoms with Gasteiger partial charge < -0.3 is 16.0 Å². The van der Waals surface area contributed by atoms with Crippen molar-refractivity contribution >= 4 is 17.5 Å². The number of amides is 2. The first-order valence-electron chi connectivity index (χ1n) is 11.0. The van der Waals surface area contributed by atoms with Gasteiger partial charge in [-0.25, -0.2) is 0 Å². The number of carbonyl (C=O) groups excluding carboxylic acids is 2. The zero-order valence-electron chi connectivity index (χ0n) is 18.5. The van der Waals surface area contributed by atoms with Crippen molar-refractivity contribution in [3.05, 3.63) is 64.2 Å². The maximum atomic E-state index is 12.5. The highest BCUT2D eigenvalue weighted by Gasteiger charge is 2.22. The molecule has 0 unspecified atom stereocenters.